The average molecular weight is 400 g/mol. The minimum Gasteiger partial charge on any atom is -0.465 e. The molecule has 0 amide bonds. The Bertz CT molecular complexity index is 558. The highest BCUT2D eigenvalue weighted by Gasteiger charge is 2.35. The van der Waals surface area contributed by atoms with E-state index in [1.807, 2.05) is 6.92 Å². The van der Waals surface area contributed by atoms with Crippen molar-refractivity contribution in [3.8, 4) is 0 Å². The number of halogens is 1. The van der Waals surface area contributed by atoms with E-state index in [9.17, 15) is 0 Å². The summed E-state index contributed by atoms with van der Waals surface area (Å²) in [6.45, 7) is 9.20. The molecule has 6 nitrogen and oxygen atoms in total. The maximum absolute atomic E-state index is 6.00. The largest absolute Gasteiger partial charge is 0.465 e. The maximum Gasteiger partial charge on any atom is 0.122 e. The van der Waals surface area contributed by atoms with Crippen LogP contribution in [0.25, 0.3) is 0 Å². The Balaban J connectivity index is 0.00000210. The Hall–Kier alpha value is -0.630. The van der Waals surface area contributed by atoms with Crippen molar-refractivity contribution in [3.63, 3.8) is 0 Å². The Morgan fingerprint density at radius 2 is 2.04 bits per heavy atom. The number of nitrogens with one attached hydrogen (secondary N) is 2. The van der Waals surface area contributed by atoms with Crippen LogP contribution >= 0.6 is 12.4 Å². The Morgan fingerprint density at radius 1 is 1.19 bits per heavy atom. The highest BCUT2D eigenvalue weighted by atomic mass is 35.5. The molecule has 0 bridgehead atoms. The van der Waals surface area contributed by atoms with Crippen LogP contribution < -0.4 is 10.6 Å². The number of hydrogen-bond acceptors (Lipinski definition) is 6. The number of nitrogens with zero attached hydrogens (tertiary/aromatic N) is 1. The molecule has 0 aromatic carbocycles. The van der Waals surface area contributed by atoms with Crippen LogP contribution in [-0.4, -0.2) is 69.6 Å². The number of rotatable bonds is 6. The van der Waals surface area contributed by atoms with Crippen molar-refractivity contribution in [3.05, 3.63) is 23.7 Å². The van der Waals surface area contributed by atoms with Crippen molar-refractivity contribution in [2.75, 3.05) is 52.6 Å². The van der Waals surface area contributed by atoms with E-state index in [0.717, 1.165) is 64.1 Å². The predicted octanol–water partition coefficient (Wildman–Crippen LogP) is 2.13. The summed E-state index contributed by atoms with van der Waals surface area (Å²) < 4.78 is 17.3. The fraction of sp³-hybridized carbons (Fsp3) is 0.800. The van der Waals surface area contributed by atoms with Crippen LogP contribution in [0.2, 0.25) is 0 Å². The molecule has 3 fully saturated rings. The van der Waals surface area contributed by atoms with Gasteiger partial charge in [-0.25, -0.2) is 0 Å². The van der Waals surface area contributed by atoms with E-state index in [-0.39, 0.29) is 18.4 Å². The van der Waals surface area contributed by atoms with Gasteiger partial charge in [0.25, 0.3) is 0 Å². The number of hydrogen-bond donors (Lipinski definition) is 2. The first kappa shape index (κ1) is 21.1. The van der Waals surface area contributed by atoms with Gasteiger partial charge in [0.2, 0.25) is 0 Å². The molecule has 154 valence electrons. The zero-order valence-corrected chi connectivity index (χ0v) is 17.1. The molecule has 4 atom stereocenters. The van der Waals surface area contributed by atoms with Gasteiger partial charge in [0.15, 0.2) is 0 Å². The zero-order valence-electron chi connectivity index (χ0n) is 16.3. The summed E-state index contributed by atoms with van der Waals surface area (Å²) in [7, 11) is 0. The standard InChI is InChI=1S/C20H33N3O3.ClH/c1-15-5-6-20(26-15)19(23-8-11-24-12-9-23)13-22-17-4-2-3-16(17)18-14-25-10-7-21-18;/h5-6,16-19,21-22H,2-4,7-14H2,1H3;1H. The van der Waals surface area contributed by atoms with Crippen LogP contribution in [0.5, 0.6) is 0 Å². The zero-order chi connectivity index (χ0) is 17.8. The first-order valence-corrected chi connectivity index (χ1v) is 10.2. The Labute approximate surface area is 168 Å². The third-order valence-electron chi connectivity index (χ3n) is 6.19. The average Bonchev–Trinajstić information content (AvgIpc) is 3.33. The van der Waals surface area contributed by atoms with E-state index in [1.165, 1.54) is 19.3 Å². The topological polar surface area (TPSA) is 58.9 Å². The fourth-order valence-electron chi connectivity index (χ4n) is 4.78. The summed E-state index contributed by atoms with van der Waals surface area (Å²) in [4.78, 5) is 2.50. The lowest BCUT2D eigenvalue weighted by atomic mass is 9.93. The number of ether oxygens (including phenoxy) is 2. The summed E-state index contributed by atoms with van der Waals surface area (Å²) in [5.74, 6) is 2.73. The van der Waals surface area contributed by atoms with Gasteiger partial charge in [-0.15, -0.1) is 12.4 Å². The maximum atomic E-state index is 6.00. The Morgan fingerprint density at radius 3 is 2.74 bits per heavy atom. The van der Waals surface area contributed by atoms with Gasteiger partial charge in [0.1, 0.15) is 11.5 Å². The smallest absolute Gasteiger partial charge is 0.122 e. The van der Waals surface area contributed by atoms with Gasteiger partial charge in [-0.3, -0.25) is 4.90 Å². The molecule has 4 rings (SSSR count). The second kappa shape index (κ2) is 10.2. The first-order valence-electron chi connectivity index (χ1n) is 10.2. The van der Waals surface area contributed by atoms with Crippen LogP contribution in [0, 0.1) is 12.8 Å². The van der Waals surface area contributed by atoms with Gasteiger partial charge >= 0.3 is 0 Å². The molecule has 7 heteroatoms. The lowest BCUT2D eigenvalue weighted by Gasteiger charge is -2.36. The van der Waals surface area contributed by atoms with Gasteiger partial charge in [-0.2, -0.15) is 0 Å². The Kier molecular flexibility index (Phi) is 7.99. The van der Waals surface area contributed by atoms with Crippen molar-refractivity contribution in [2.24, 2.45) is 5.92 Å². The fourth-order valence-corrected chi connectivity index (χ4v) is 4.78. The summed E-state index contributed by atoms with van der Waals surface area (Å²) in [6, 6.07) is 5.55. The second-order valence-electron chi connectivity index (χ2n) is 7.86. The summed E-state index contributed by atoms with van der Waals surface area (Å²) in [6.07, 6.45) is 3.86. The molecule has 0 spiro atoms. The van der Waals surface area contributed by atoms with Crippen LogP contribution in [0.1, 0.15) is 36.8 Å². The summed E-state index contributed by atoms with van der Waals surface area (Å²) in [5, 5.41) is 7.56. The first-order chi connectivity index (χ1) is 12.8. The minimum absolute atomic E-state index is 0. The molecular formula is C20H34ClN3O3. The van der Waals surface area contributed by atoms with Gasteiger partial charge in [-0.1, -0.05) is 6.42 Å². The SMILES string of the molecule is Cc1ccc(C(CNC2CCCC2C2COCCN2)N2CCOCC2)o1.Cl. The molecule has 2 saturated heterocycles. The molecule has 0 radical (unpaired) electrons. The van der Waals surface area contributed by atoms with Crippen molar-refractivity contribution in [2.45, 2.75) is 44.3 Å². The molecule has 1 aliphatic carbocycles. The molecule has 3 aliphatic rings. The molecule has 27 heavy (non-hydrogen) atoms. The second-order valence-corrected chi connectivity index (χ2v) is 7.86. The third kappa shape index (κ3) is 5.25. The monoisotopic (exact) mass is 399 g/mol. The minimum atomic E-state index is 0. The lowest BCUT2D eigenvalue weighted by molar-refractivity contribution is 0.00985. The normalized spacial score (nSPS) is 30.8. The van der Waals surface area contributed by atoms with E-state index in [2.05, 4.69) is 27.7 Å². The highest BCUT2D eigenvalue weighted by Crippen LogP contribution is 2.31. The molecule has 1 aromatic heterocycles. The van der Waals surface area contributed by atoms with Gasteiger partial charge in [-0.05, 0) is 37.8 Å². The van der Waals surface area contributed by atoms with Crippen LogP contribution in [-0.2, 0) is 9.47 Å². The van der Waals surface area contributed by atoms with Gasteiger partial charge in [0, 0.05) is 38.3 Å². The van der Waals surface area contributed by atoms with Crippen molar-refractivity contribution in [1.29, 1.82) is 0 Å². The molecule has 1 aromatic rings. The summed E-state index contributed by atoms with van der Waals surface area (Å²) in [5.41, 5.74) is 0. The van der Waals surface area contributed by atoms with Crippen molar-refractivity contribution < 1.29 is 13.9 Å². The van der Waals surface area contributed by atoms with Crippen LogP contribution in [0.4, 0.5) is 0 Å². The quantitative estimate of drug-likeness (QED) is 0.764. The molecule has 2 N–H and O–H groups in total. The number of furan rings is 1. The third-order valence-corrected chi connectivity index (χ3v) is 6.19. The molecule has 2 aliphatic heterocycles. The number of morpholine rings is 2. The van der Waals surface area contributed by atoms with Gasteiger partial charge < -0.3 is 24.5 Å². The van der Waals surface area contributed by atoms with Crippen LogP contribution in [0.15, 0.2) is 16.5 Å². The van der Waals surface area contributed by atoms with Crippen LogP contribution in [0.3, 0.4) is 0 Å². The van der Waals surface area contributed by atoms with E-state index >= 15 is 0 Å². The predicted molar refractivity (Wildman–Crippen MR) is 108 cm³/mol. The van der Waals surface area contributed by atoms with Crippen molar-refractivity contribution in [1.82, 2.24) is 15.5 Å². The molecular weight excluding hydrogens is 366 g/mol. The summed E-state index contributed by atoms with van der Waals surface area (Å²) >= 11 is 0. The van der Waals surface area contributed by atoms with E-state index in [0.29, 0.717) is 18.0 Å². The van der Waals surface area contributed by atoms with Crippen molar-refractivity contribution >= 4 is 12.4 Å². The van der Waals surface area contributed by atoms with E-state index in [4.69, 9.17) is 13.9 Å². The van der Waals surface area contributed by atoms with E-state index < -0.39 is 0 Å². The molecule has 4 unspecified atom stereocenters. The van der Waals surface area contributed by atoms with E-state index in [1.54, 1.807) is 0 Å². The highest BCUT2D eigenvalue weighted by molar-refractivity contribution is 5.85. The van der Waals surface area contributed by atoms with Gasteiger partial charge in [0.05, 0.1) is 32.5 Å². The number of aryl methyl sites for hydroxylation is 1. The molecule has 1 saturated carbocycles. The molecule has 3 heterocycles. The lowest BCUT2D eigenvalue weighted by Crippen LogP contribution is -2.52.